The van der Waals surface area contributed by atoms with Crippen LogP contribution in [0.3, 0.4) is 0 Å². The van der Waals surface area contributed by atoms with E-state index < -0.39 is 0 Å². The highest BCUT2D eigenvalue weighted by Gasteiger charge is 2.06. The third kappa shape index (κ3) is 3.94. The van der Waals surface area contributed by atoms with Crippen LogP contribution in [0.2, 0.25) is 0 Å². The molecule has 88 valence electrons. The lowest BCUT2D eigenvalue weighted by Gasteiger charge is -2.11. The van der Waals surface area contributed by atoms with Crippen molar-refractivity contribution in [1.29, 1.82) is 0 Å². The third-order valence-corrected chi connectivity index (χ3v) is 3.49. The Morgan fingerprint density at radius 1 is 1.69 bits per heavy atom. The molecule has 0 spiro atoms. The molecule has 1 unspecified atom stereocenters. The smallest absolute Gasteiger partial charge is 0.158 e. The minimum absolute atomic E-state index is 0.343. The van der Waals surface area contributed by atoms with E-state index in [1.807, 2.05) is 11.8 Å². The van der Waals surface area contributed by atoms with Crippen molar-refractivity contribution >= 4 is 34.8 Å². The second-order valence-electron chi connectivity index (χ2n) is 3.42. The lowest BCUT2D eigenvalue weighted by Crippen LogP contribution is -2.16. The Morgan fingerprint density at radius 3 is 3.06 bits per heavy atom. The third-order valence-electron chi connectivity index (χ3n) is 2.23. The molecule has 1 aromatic heterocycles. The fourth-order valence-corrected chi connectivity index (χ4v) is 1.69. The average molecular weight is 256 g/mol. The van der Waals surface area contributed by atoms with Crippen molar-refractivity contribution in [1.82, 2.24) is 10.2 Å². The van der Waals surface area contributed by atoms with Gasteiger partial charge in [0.1, 0.15) is 4.99 Å². The van der Waals surface area contributed by atoms with Gasteiger partial charge in [0.2, 0.25) is 0 Å². The summed E-state index contributed by atoms with van der Waals surface area (Å²) in [5, 5.41) is 11.6. The van der Waals surface area contributed by atoms with Crippen molar-refractivity contribution in [2.45, 2.75) is 18.6 Å². The van der Waals surface area contributed by atoms with E-state index in [0.717, 1.165) is 18.5 Å². The first-order valence-electron chi connectivity index (χ1n) is 5.03. The van der Waals surface area contributed by atoms with Crippen LogP contribution in [0.25, 0.3) is 0 Å². The fraction of sp³-hybridized carbons (Fsp3) is 0.500. The number of hydrogen-bond donors (Lipinski definition) is 2. The molecule has 0 aliphatic carbocycles. The average Bonchev–Trinajstić information content (AvgIpc) is 2.29. The SMILES string of the molecule is CSC(C)CCNc1nnccc1C(N)=S. The summed E-state index contributed by atoms with van der Waals surface area (Å²) < 4.78 is 0. The standard InChI is InChI=1S/C10H16N4S2/c1-7(16-2)3-5-12-10-8(9(11)15)4-6-13-14-10/h4,6-7H,3,5H2,1-2H3,(H2,11,15)(H,12,14). The minimum Gasteiger partial charge on any atom is -0.389 e. The summed E-state index contributed by atoms with van der Waals surface area (Å²) in [5.41, 5.74) is 6.34. The lowest BCUT2D eigenvalue weighted by molar-refractivity contribution is 0.844. The summed E-state index contributed by atoms with van der Waals surface area (Å²) in [6.07, 6.45) is 4.76. The summed E-state index contributed by atoms with van der Waals surface area (Å²) in [6.45, 7) is 3.04. The molecule has 1 rings (SSSR count). The van der Waals surface area contributed by atoms with Crippen molar-refractivity contribution < 1.29 is 0 Å². The zero-order valence-corrected chi connectivity index (χ0v) is 11.1. The number of aromatic nitrogens is 2. The molecule has 0 aliphatic rings. The van der Waals surface area contributed by atoms with Gasteiger partial charge in [0.15, 0.2) is 5.82 Å². The van der Waals surface area contributed by atoms with Crippen LogP contribution in [0, 0.1) is 0 Å². The minimum atomic E-state index is 0.343. The summed E-state index contributed by atoms with van der Waals surface area (Å²) in [5.74, 6) is 0.670. The molecule has 0 bridgehead atoms. The number of nitrogens with two attached hydrogens (primary N) is 1. The highest BCUT2D eigenvalue weighted by Crippen LogP contribution is 2.12. The molecule has 0 saturated carbocycles. The maximum Gasteiger partial charge on any atom is 0.158 e. The van der Waals surface area contributed by atoms with Gasteiger partial charge in [-0.3, -0.25) is 0 Å². The van der Waals surface area contributed by atoms with Crippen LogP contribution in [0.1, 0.15) is 18.9 Å². The van der Waals surface area contributed by atoms with Gasteiger partial charge in [-0.1, -0.05) is 19.1 Å². The predicted octanol–water partition coefficient (Wildman–Crippen LogP) is 1.66. The Balaban J connectivity index is 2.56. The van der Waals surface area contributed by atoms with E-state index in [1.54, 1.807) is 12.3 Å². The molecule has 4 nitrogen and oxygen atoms in total. The number of rotatable bonds is 6. The first kappa shape index (κ1) is 13.2. The molecule has 6 heteroatoms. The zero-order chi connectivity index (χ0) is 12.0. The highest BCUT2D eigenvalue weighted by molar-refractivity contribution is 7.99. The molecule has 1 heterocycles. The van der Waals surface area contributed by atoms with E-state index in [1.165, 1.54) is 0 Å². The Hall–Kier alpha value is -0.880. The number of hydrogen-bond acceptors (Lipinski definition) is 5. The lowest BCUT2D eigenvalue weighted by atomic mass is 10.2. The van der Waals surface area contributed by atoms with E-state index in [2.05, 4.69) is 28.7 Å². The Bertz CT molecular complexity index is 356. The highest BCUT2D eigenvalue weighted by atomic mass is 32.2. The van der Waals surface area contributed by atoms with E-state index >= 15 is 0 Å². The van der Waals surface area contributed by atoms with Gasteiger partial charge in [-0.05, 0) is 18.7 Å². The maximum absolute atomic E-state index is 5.59. The van der Waals surface area contributed by atoms with Gasteiger partial charge in [0.05, 0.1) is 11.8 Å². The van der Waals surface area contributed by atoms with Crippen LogP contribution in [0.4, 0.5) is 5.82 Å². The van der Waals surface area contributed by atoms with Crippen molar-refractivity contribution in [3.05, 3.63) is 17.8 Å². The largest absolute Gasteiger partial charge is 0.389 e. The molecule has 0 saturated heterocycles. The zero-order valence-electron chi connectivity index (χ0n) is 9.43. The van der Waals surface area contributed by atoms with Crippen LogP contribution < -0.4 is 11.1 Å². The van der Waals surface area contributed by atoms with Gasteiger partial charge in [0, 0.05) is 11.8 Å². The van der Waals surface area contributed by atoms with Gasteiger partial charge in [0.25, 0.3) is 0 Å². The number of nitrogens with one attached hydrogen (secondary N) is 1. The molecule has 0 amide bonds. The normalized spacial score (nSPS) is 12.1. The molecule has 0 aromatic carbocycles. The first-order valence-corrected chi connectivity index (χ1v) is 6.73. The molecule has 0 radical (unpaired) electrons. The van der Waals surface area contributed by atoms with Gasteiger partial charge in [-0.15, -0.1) is 5.10 Å². The van der Waals surface area contributed by atoms with Crippen molar-refractivity contribution in [3.8, 4) is 0 Å². The Kier molecular flexibility index (Phi) is 5.48. The van der Waals surface area contributed by atoms with Crippen molar-refractivity contribution in [3.63, 3.8) is 0 Å². The quantitative estimate of drug-likeness (QED) is 0.755. The molecule has 3 N–H and O–H groups in total. The van der Waals surface area contributed by atoms with Gasteiger partial charge < -0.3 is 11.1 Å². The number of thioether (sulfide) groups is 1. The van der Waals surface area contributed by atoms with Crippen LogP contribution in [-0.2, 0) is 0 Å². The van der Waals surface area contributed by atoms with Gasteiger partial charge >= 0.3 is 0 Å². The number of anilines is 1. The summed E-state index contributed by atoms with van der Waals surface area (Å²) >= 11 is 6.78. The number of thiocarbonyl (C=S) groups is 1. The molecular formula is C10H16N4S2. The Morgan fingerprint density at radius 2 is 2.44 bits per heavy atom. The van der Waals surface area contributed by atoms with E-state index in [4.69, 9.17) is 18.0 Å². The van der Waals surface area contributed by atoms with E-state index in [-0.39, 0.29) is 0 Å². The monoisotopic (exact) mass is 256 g/mol. The molecule has 1 aromatic rings. The summed E-state index contributed by atoms with van der Waals surface area (Å²) in [7, 11) is 0. The predicted molar refractivity (Wildman–Crippen MR) is 74.0 cm³/mol. The Labute approximate surface area is 105 Å². The van der Waals surface area contributed by atoms with Crippen molar-refractivity contribution in [2.75, 3.05) is 18.1 Å². The molecule has 0 aliphatic heterocycles. The summed E-state index contributed by atoms with van der Waals surface area (Å²) in [4.78, 5) is 0.343. The van der Waals surface area contributed by atoms with Crippen LogP contribution in [0.15, 0.2) is 12.3 Å². The second kappa shape index (κ2) is 6.65. The van der Waals surface area contributed by atoms with Crippen molar-refractivity contribution in [2.24, 2.45) is 5.73 Å². The van der Waals surface area contributed by atoms with Gasteiger partial charge in [-0.25, -0.2) is 0 Å². The molecular weight excluding hydrogens is 240 g/mol. The summed E-state index contributed by atoms with van der Waals surface area (Å²) in [6, 6.07) is 1.77. The number of nitrogens with zero attached hydrogens (tertiary/aromatic N) is 2. The molecule has 0 fully saturated rings. The first-order chi connectivity index (χ1) is 7.65. The molecule has 1 atom stereocenters. The maximum atomic E-state index is 5.59. The molecule has 16 heavy (non-hydrogen) atoms. The fourth-order valence-electron chi connectivity index (χ4n) is 1.17. The van der Waals surface area contributed by atoms with E-state index in [9.17, 15) is 0 Å². The van der Waals surface area contributed by atoms with Crippen LogP contribution in [-0.4, -0.2) is 33.2 Å². The second-order valence-corrected chi connectivity index (χ2v) is 5.14. The topological polar surface area (TPSA) is 63.8 Å². The van der Waals surface area contributed by atoms with Crippen LogP contribution >= 0.6 is 24.0 Å². The van der Waals surface area contributed by atoms with Crippen LogP contribution in [0.5, 0.6) is 0 Å². The van der Waals surface area contributed by atoms with Gasteiger partial charge in [-0.2, -0.15) is 16.9 Å². The van der Waals surface area contributed by atoms with E-state index in [0.29, 0.717) is 16.1 Å².